The SMILES string of the molecule is Cc1cccc(NC(=O)Cc2cc(=O)[nH]c(SCc3ccc(F)cc3)n2)c1C. The molecule has 0 unspecified atom stereocenters. The van der Waals surface area contributed by atoms with Crippen LogP contribution >= 0.6 is 11.8 Å². The van der Waals surface area contributed by atoms with Crippen molar-refractivity contribution in [2.45, 2.75) is 31.2 Å². The van der Waals surface area contributed by atoms with E-state index in [1.807, 2.05) is 32.0 Å². The first-order valence-corrected chi connectivity index (χ1v) is 9.73. The molecule has 144 valence electrons. The van der Waals surface area contributed by atoms with Gasteiger partial charge in [0.1, 0.15) is 5.82 Å². The van der Waals surface area contributed by atoms with Crippen molar-refractivity contribution in [2.75, 3.05) is 5.32 Å². The molecule has 7 heteroatoms. The fourth-order valence-corrected chi connectivity index (χ4v) is 3.47. The van der Waals surface area contributed by atoms with Gasteiger partial charge in [-0.3, -0.25) is 9.59 Å². The maximum Gasteiger partial charge on any atom is 0.251 e. The number of anilines is 1. The quantitative estimate of drug-likeness (QED) is 0.487. The average molecular weight is 397 g/mol. The molecule has 0 atom stereocenters. The fraction of sp³-hybridized carbons (Fsp3) is 0.190. The minimum atomic E-state index is -0.314. The van der Waals surface area contributed by atoms with Gasteiger partial charge in [0.05, 0.1) is 12.1 Å². The summed E-state index contributed by atoms with van der Waals surface area (Å²) in [5.41, 5.74) is 3.84. The normalized spacial score (nSPS) is 10.7. The zero-order valence-corrected chi connectivity index (χ0v) is 16.4. The van der Waals surface area contributed by atoms with Crippen molar-refractivity contribution < 1.29 is 9.18 Å². The number of rotatable bonds is 6. The maximum absolute atomic E-state index is 13.0. The minimum Gasteiger partial charge on any atom is -0.326 e. The van der Waals surface area contributed by atoms with Crippen LogP contribution in [0.4, 0.5) is 10.1 Å². The number of hydrogen-bond acceptors (Lipinski definition) is 4. The van der Waals surface area contributed by atoms with Crippen molar-refractivity contribution in [1.82, 2.24) is 9.97 Å². The van der Waals surface area contributed by atoms with Crippen LogP contribution in [0.1, 0.15) is 22.4 Å². The molecule has 0 aliphatic rings. The van der Waals surface area contributed by atoms with E-state index in [4.69, 9.17) is 0 Å². The van der Waals surface area contributed by atoms with E-state index in [2.05, 4.69) is 15.3 Å². The first-order chi connectivity index (χ1) is 13.4. The molecule has 0 aliphatic carbocycles. The smallest absolute Gasteiger partial charge is 0.251 e. The van der Waals surface area contributed by atoms with Gasteiger partial charge < -0.3 is 10.3 Å². The summed E-state index contributed by atoms with van der Waals surface area (Å²) >= 11 is 1.32. The van der Waals surface area contributed by atoms with Crippen molar-refractivity contribution in [3.05, 3.63) is 87.1 Å². The number of carbonyl (C=O) groups excluding carboxylic acids is 1. The zero-order chi connectivity index (χ0) is 20.1. The summed E-state index contributed by atoms with van der Waals surface area (Å²) in [7, 11) is 0. The third-order valence-electron chi connectivity index (χ3n) is 4.28. The van der Waals surface area contributed by atoms with Crippen molar-refractivity contribution >= 4 is 23.4 Å². The Morgan fingerprint density at radius 1 is 1.18 bits per heavy atom. The van der Waals surface area contributed by atoms with Crippen LogP contribution < -0.4 is 10.9 Å². The molecule has 0 radical (unpaired) electrons. The molecule has 0 spiro atoms. The number of nitrogens with zero attached hydrogens (tertiary/aromatic N) is 1. The van der Waals surface area contributed by atoms with Gasteiger partial charge in [0, 0.05) is 17.5 Å². The molecule has 3 aromatic rings. The lowest BCUT2D eigenvalue weighted by Gasteiger charge is -2.10. The van der Waals surface area contributed by atoms with E-state index in [1.165, 1.54) is 30.0 Å². The second-order valence-electron chi connectivity index (χ2n) is 6.43. The standard InChI is InChI=1S/C21H20FN3O2S/c1-13-4-3-5-18(14(13)2)24-19(26)10-17-11-20(27)25-21(23-17)28-12-15-6-8-16(22)9-7-15/h3-9,11H,10,12H2,1-2H3,(H,24,26)(H,23,25,27). The van der Waals surface area contributed by atoms with Gasteiger partial charge in [-0.15, -0.1) is 0 Å². The highest BCUT2D eigenvalue weighted by atomic mass is 32.2. The number of benzene rings is 2. The summed E-state index contributed by atoms with van der Waals surface area (Å²) in [6, 6.07) is 13.2. The fourth-order valence-electron chi connectivity index (χ4n) is 2.62. The van der Waals surface area contributed by atoms with Crippen molar-refractivity contribution in [2.24, 2.45) is 0 Å². The number of aromatic amines is 1. The number of carbonyl (C=O) groups is 1. The van der Waals surface area contributed by atoms with E-state index in [0.29, 0.717) is 16.6 Å². The summed E-state index contributed by atoms with van der Waals surface area (Å²) in [4.78, 5) is 31.3. The Morgan fingerprint density at radius 2 is 1.93 bits per heavy atom. The summed E-state index contributed by atoms with van der Waals surface area (Å²) in [6.45, 7) is 3.93. The molecule has 1 amide bonds. The van der Waals surface area contributed by atoms with Crippen LogP contribution in [0.15, 0.2) is 58.5 Å². The van der Waals surface area contributed by atoms with Crippen LogP contribution in [-0.4, -0.2) is 15.9 Å². The Hall–Kier alpha value is -2.93. The average Bonchev–Trinajstić information content (AvgIpc) is 2.64. The molecular weight excluding hydrogens is 377 g/mol. The Balaban J connectivity index is 1.67. The maximum atomic E-state index is 13.0. The van der Waals surface area contributed by atoms with Gasteiger partial charge in [-0.2, -0.15) is 0 Å². The molecule has 2 N–H and O–H groups in total. The molecule has 3 rings (SSSR count). The second-order valence-corrected chi connectivity index (χ2v) is 7.39. The largest absolute Gasteiger partial charge is 0.326 e. The van der Waals surface area contributed by atoms with Crippen molar-refractivity contribution in [1.29, 1.82) is 0 Å². The van der Waals surface area contributed by atoms with E-state index < -0.39 is 0 Å². The number of aromatic nitrogens is 2. The van der Waals surface area contributed by atoms with Crippen LogP contribution in [0.3, 0.4) is 0 Å². The van der Waals surface area contributed by atoms with E-state index >= 15 is 0 Å². The lowest BCUT2D eigenvalue weighted by molar-refractivity contribution is -0.115. The zero-order valence-electron chi connectivity index (χ0n) is 15.6. The molecular formula is C21H20FN3O2S. The molecule has 0 saturated heterocycles. The molecule has 0 aliphatic heterocycles. The third-order valence-corrected chi connectivity index (χ3v) is 5.23. The summed E-state index contributed by atoms with van der Waals surface area (Å²) < 4.78 is 13.0. The number of H-pyrrole nitrogens is 1. The minimum absolute atomic E-state index is 0.00140. The van der Waals surface area contributed by atoms with Gasteiger partial charge in [0.15, 0.2) is 5.16 Å². The summed E-state index contributed by atoms with van der Waals surface area (Å²) in [5, 5.41) is 3.29. The van der Waals surface area contributed by atoms with Gasteiger partial charge in [-0.1, -0.05) is 36.0 Å². The van der Waals surface area contributed by atoms with Gasteiger partial charge in [-0.25, -0.2) is 9.37 Å². The highest BCUT2D eigenvalue weighted by molar-refractivity contribution is 7.98. The second kappa shape index (κ2) is 8.84. The third kappa shape index (κ3) is 5.29. The van der Waals surface area contributed by atoms with Crippen LogP contribution in [0, 0.1) is 19.7 Å². The molecule has 1 aromatic heterocycles. The number of aryl methyl sites for hydroxylation is 1. The summed E-state index contributed by atoms with van der Waals surface area (Å²) in [6.07, 6.45) is 0.00140. The number of amides is 1. The molecule has 5 nitrogen and oxygen atoms in total. The Bertz CT molecular complexity index is 1050. The topological polar surface area (TPSA) is 74.8 Å². The Kier molecular flexibility index (Phi) is 6.26. The monoisotopic (exact) mass is 397 g/mol. The Morgan fingerprint density at radius 3 is 2.68 bits per heavy atom. The van der Waals surface area contributed by atoms with Gasteiger partial charge >= 0.3 is 0 Å². The molecule has 0 fully saturated rings. The molecule has 0 bridgehead atoms. The number of hydrogen-bond donors (Lipinski definition) is 2. The Labute approximate surface area is 166 Å². The van der Waals surface area contributed by atoms with E-state index in [9.17, 15) is 14.0 Å². The van der Waals surface area contributed by atoms with E-state index in [-0.39, 0.29) is 23.7 Å². The van der Waals surface area contributed by atoms with Gasteiger partial charge in [0.25, 0.3) is 5.56 Å². The first kappa shape index (κ1) is 19.8. The molecule has 28 heavy (non-hydrogen) atoms. The predicted molar refractivity (Wildman–Crippen MR) is 109 cm³/mol. The van der Waals surface area contributed by atoms with Crippen LogP contribution in [0.2, 0.25) is 0 Å². The number of nitrogens with one attached hydrogen (secondary N) is 2. The molecule has 0 saturated carbocycles. The van der Waals surface area contributed by atoms with Crippen molar-refractivity contribution in [3.8, 4) is 0 Å². The molecule has 2 aromatic carbocycles. The van der Waals surface area contributed by atoms with Crippen LogP contribution in [0.25, 0.3) is 0 Å². The van der Waals surface area contributed by atoms with Crippen LogP contribution in [0.5, 0.6) is 0 Å². The lowest BCUT2D eigenvalue weighted by Crippen LogP contribution is -2.18. The first-order valence-electron chi connectivity index (χ1n) is 8.74. The van der Waals surface area contributed by atoms with Crippen molar-refractivity contribution in [3.63, 3.8) is 0 Å². The molecule has 1 heterocycles. The highest BCUT2D eigenvalue weighted by Crippen LogP contribution is 2.20. The van der Waals surface area contributed by atoms with E-state index in [0.717, 1.165) is 22.4 Å². The van der Waals surface area contributed by atoms with Gasteiger partial charge in [-0.05, 0) is 48.7 Å². The highest BCUT2D eigenvalue weighted by Gasteiger charge is 2.10. The summed E-state index contributed by atoms with van der Waals surface area (Å²) in [5.74, 6) is -0.000114. The number of thioether (sulfide) groups is 1. The lowest BCUT2D eigenvalue weighted by atomic mass is 10.1. The van der Waals surface area contributed by atoms with Crippen LogP contribution in [-0.2, 0) is 17.0 Å². The predicted octanol–water partition coefficient (Wildman–Crippen LogP) is 4.00. The number of halogens is 1. The van der Waals surface area contributed by atoms with Gasteiger partial charge in [0.2, 0.25) is 5.91 Å². The van der Waals surface area contributed by atoms with E-state index in [1.54, 1.807) is 12.1 Å².